The Labute approximate surface area is 117 Å². The van der Waals surface area contributed by atoms with Crippen molar-refractivity contribution in [3.8, 4) is 5.75 Å². The highest BCUT2D eigenvalue weighted by Crippen LogP contribution is 2.34. The predicted octanol–water partition coefficient (Wildman–Crippen LogP) is 4.09. The Bertz CT molecular complexity index is 637. The van der Waals surface area contributed by atoms with E-state index in [1.54, 1.807) is 12.1 Å². The standard InChI is InChI=1S/C17H15FO2/c18-15-8-4-10-17(14(15)11-19)20-16-9-3-6-12-5-1-2-7-13(12)16/h1-2,4-5,7-8,10-11,16H,3,6,9H2. The summed E-state index contributed by atoms with van der Waals surface area (Å²) in [4.78, 5) is 11.0. The van der Waals surface area contributed by atoms with Gasteiger partial charge in [0.1, 0.15) is 17.7 Å². The molecule has 0 amide bonds. The zero-order valence-electron chi connectivity index (χ0n) is 11.0. The van der Waals surface area contributed by atoms with Crippen molar-refractivity contribution < 1.29 is 13.9 Å². The Balaban J connectivity index is 1.93. The fourth-order valence-electron chi connectivity index (χ4n) is 2.72. The van der Waals surface area contributed by atoms with Gasteiger partial charge in [0, 0.05) is 0 Å². The molecule has 2 aromatic rings. The smallest absolute Gasteiger partial charge is 0.156 e. The number of aldehydes is 1. The first-order valence-electron chi connectivity index (χ1n) is 6.78. The summed E-state index contributed by atoms with van der Waals surface area (Å²) >= 11 is 0. The van der Waals surface area contributed by atoms with E-state index in [1.807, 2.05) is 18.2 Å². The van der Waals surface area contributed by atoms with E-state index in [-0.39, 0.29) is 11.7 Å². The molecule has 1 aliphatic rings. The summed E-state index contributed by atoms with van der Waals surface area (Å²) in [5.74, 6) is -0.219. The van der Waals surface area contributed by atoms with Crippen molar-refractivity contribution in [2.24, 2.45) is 0 Å². The Kier molecular flexibility index (Phi) is 3.50. The van der Waals surface area contributed by atoms with Crippen LogP contribution in [0.15, 0.2) is 42.5 Å². The van der Waals surface area contributed by atoms with E-state index in [1.165, 1.54) is 11.6 Å². The minimum Gasteiger partial charge on any atom is -0.485 e. The van der Waals surface area contributed by atoms with Crippen LogP contribution in [-0.2, 0) is 6.42 Å². The van der Waals surface area contributed by atoms with Crippen molar-refractivity contribution in [2.45, 2.75) is 25.4 Å². The van der Waals surface area contributed by atoms with Gasteiger partial charge in [0.05, 0.1) is 5.56 Å². The second kappa shape index (κ2) is 5.45. The summed E-state index contributed by atoms with van der Waals surface area (Å²) in [6.07, 6.45) is 3.36. The summed E-state index contributed by atoms with van der Waals surface area (Å²) < 4.78 is 19.5. The molecule has 2 nitrogen and oxygen atoms in total. The van der Waals surface area contributed by atoms with Gasteiger partial charge >= 0.3 is 0 Å². The van der Waals surface area contributed by atoms with Crippen molar-refractivity contribution in [2.75, 3.05) is 0 Å². The number of ether oxygens (including phenoxy) is 1. The van der Waals surface area contributed by atoms with Gasteiger partial charge in [0.15, 0.2) is 6.29 Å². The Morgan fingerprint density at radius 1 is 1.15 bits per heavy atom. The van der Waals surface area contributed by atoms with Crippen LogP contribution < -0.4 is 4.74 Å². The highest BCUT2D eigenvalue weighted by atomic mass is 19.1. The van der Waals surface area contributed by atoms with Gasteiger partial charge in [-0.2, -0.15) is 0 Å². The van der Waals surface area contributed by atoms with Gasteiger partial charge in [-0.1, -0.05) is 30.3 Å². The number of hydrogen-bond donors (Lipinski definition) is 0. The highest BCUT2D eigenvalue weighted by molar-refractivity contribution is 5.79. The second-order valence-corrected chi connectivity index (χ2v) is 4.97. The molecule has 0 aliphatic heterocycles. The lowest BCUT2D eigenvalue weighted by Gasteiger charge is -2.26. The third-order valence-corrected chi connectivity index (χ3v) is 3.71. The summed E-state index contributed by atoms with van der Waals surface area (Å²) in [6.45, 7) is 0. The molecule has 3 rings (SSSR count). The van der Waals surface area contributed by atoms with Crippen LogP contribution in [-0.4, -0.2) is 6.29 Å². The number of aryl methyl sites for hydroxylation is 1. The molecular formula is C17H15FO2. The number of halogens is 1. The van der Waals surface area contributed by atoms with Crippen LogP contribution in [0.3, 0.4) is 0 Å². The average molecular weight is 270 g/mol. The molecule has 0 radical (unpaired) electrons. The van der Waals surface area contributed by atoms with Crippen molar-refractivity contribution in [1.82, 2.24) is 0 Å². The molecule has 1 unspecified atom stereocenters. The fraction of sp³-hybridized carbons (Fsp3) is 0.235. The van der Waals surface area contributed by atoms with Crippen LogP contribution in [0, 0.1) is 5.82 Å². The second-order valence-electron chi connectivity index (χ2n) is 4.97. The third-order valence-electron chi connectivity index (χ3n) is 3.71. The van der Waals surface area contributed by atoms with Crippen LogP contribution in [0.5, 0.6) is 5.75 Å². The molecule has 1 aliphatic carbocycles. The Hall–Kier alpha value is -2.16. The minimum absolute atomic E-state index is 0.00412. The topological polar surface area (TPSA) is 26.3 Å². The van der Waals surface area contributed by atoms with Crippen LogP contribution in [0.25, 0.3) is 0 Å². The van der Waals surface area contributed by atoms with Crippen molar-refractivity contribution in [3.05, 3.63) is 65.0 Å². The molecule has 0 N–H and O–H groups in total. The maximum absolute atomic E-state index is 13.6. The summed E-state index contributed by atoms with van der Waals surface area (Å²) in [7, 11) is 0. The molecular weight excluding hydrogens is 255 g/mol. The molecule has 0 spiro atoms. The van der Waals surface area contributed by atoms with Crippen LogP contribution in [0.4, 0.5) is 4.39 Å². The SMILES string of the molecule is O=Cc1c(F)cccc1OC1CCCc2ccccc21. The van der Waals surface area contributed by atoms with Crippen LogP contribution in [0.2, 0.25) is 0 Å². The van der Waals surface area contributed by atoms with Gasteiger partial charge in [-0.25, -0.2) is 4.39 Å². The van der Waals surface area contributed by atoms with Gasteiger partial charge < -0.3 is 4.74 Å². The average Bonchev–Trinajstić information content (AvgIpc) is 2.48. The van der Waals surface area contributed by atoms with Gasteiger partial charge in [-0.3, -0.25) is 4.79 Å². The molecule has 0 saturated heterocycles. The van der Waals surface area contributed by atoms with Gasteiger partial charge in [0.2, 0.25) is 0 Å². The van der Waals surface area contributed by atoms with Crippen molar-refractivity contribution in [1.29, 1.82) is 0 Å². The lowest BCUT2D eigenvalue weighted by Crippen LogP contribution is -2.16. The fourth-order valence-corrected chi connectivity index (χ4v) is 2.72. The predicted molar refractivity (Wildman–Crippen MR) is 74.5 cm³/mol. The number of hydrogen-bond acceptors (Lipinski definition) is 2. The molecule has 0 fully saturated rings. The normalized spacial score (nSPS) is 17.4. The van der Waals surface area contributed by atoms with Crippen molar-refractivity contribution >= 4 is 6.29 Å². The van der Waals surface area contributed by atoms with E-state index in [0.717, 1.165) is 24.8 Å². The van der Waals surface area contributed by atoms with Crippen LogP contribution in [0.1, 0.15) is 40.4 Å². The van der Waals surface area contributed by atoms with Crippen LogP contribution >= 0.6 is 0 Å². The molecule has 0 aromatic heterocycles. The number of rotatable bonds is 3. The first-order chi connectivity index (χ1) is 9.79. The zero-order chi connectivity index (χ0) is 13.9. The number of benzene rings is 2. The number of fused-ring (bicyclic) bond motifs is 1. The van der Waals surface area contributed by atoms with Gasteiger partial charge in [-0.15, -0.1) is 0 Å². The van der Waals surface area contributed by atoms with E-state index in [2.05, 4.69) is 6.07 Å². The summed E-state index contributed by atoms with van der Waals surface area (Å²) in [5, 5.41) is 0. The minimum atomic E-state index is -0.540. The molecule has 0 bridgehead atoms. The van der Waals surface area contributed by atoms with E-state index in [0.29, 0.717) is 12.0 Å². The van der Waals surface area contributed by atoms with E-state index in [9.17, 15) is 9.18 Å². The Morgan fingerprint density at radius 3 is 2.85 bits per heavy atom. The maximum Gasteiger partial charge on any atom is 0.156 e. The molecule has 102 valence electrons. The summed E-state index contributed by atoms with van der Waals surface area (Å²) in [5.41, 5.74) is 2.41. The largest absolute Gasteiger partial charge is 0.485 e. The van der Waals surface area contributed by atoms with Gasteiger partial charge in [-0.05, 0) is 42.5 Å². The zero-order valence-corrected chi connectivity index (χ0v) is 11.0. The quantitative estimate of drug-likeness (QED) is 0.785. The van der Waals surface area contributed by atoms with Gasteiger partial charge in [0.25, 0.3) is 0 Å². The highest BCUT2D eigenvalue weighted by Gasteiger charge is 2.22. The van der Waals surface area contributed by atoms with E-state index >= 15 is 0 Å². The first-order valence-corrected chi connectivity index (χ1v) is 6.78. The lowest BCUT2D eigenvalue weighted by molar-refractivity contribution is 0.111. The maximum atomic E-state index is 13.6. The lowest BCUT2D eigenvalue weighted by atomic mass is 9.89. The molecule has 20 heavy (non-hydrogen) atoms. The Morgan fingerprint density at radius 2 is 2.00 bits per heavy atom. The third kappa shape index (κ3) is 2.31. The first kappa shape index (κ1) is 12.9. The molecule has 2 aromatic carbocycles. The number of carbonyl (C=O) groups is 1. The monoisotopic (exact) mass is 270 g/mol. The molecule has 1 atom stereocenters. The van der Waals surface area contributed by atoms with Crippen molar-refractivity contribution in [3.63, 3.8) is 0 Å². The number of carbonyl (C=O) groups excluding carboxylic acids is 1. The summed E-state index contributed by atoms with van der Waals surface area (Å²) in [6, 6.07) is 12.6. The molecule has 0 saturated carbocycles. The van der Waals surface area contributed by atoms with E-state index in [4.69, 9.17) is 4.74 Å². The molecule has 0 heterocycles. The van der Waals surface area contributed by atoms with E-state index < -0.39 is 5.82 Å². The molecule has 3 heteroatoms.